The van der Waals surface area contributed by atoms with Crippen LogP contribution in [0.25, 0.3) is 0 Å². The van der Waals surface area contributed by atoms with Crippen LogP contribution in [0.15, 0.2) is 30.5 Å². The Kier molecular flexibility index (Phi) is 4.17. The summed E-state index contributed by atoms with van der Waals surface area (Å²) in [6, 6.07) is 6.51. The fraction of sp³-hybridized carbons (Fsp3) is 0.267. The molecule has 1 aromatic heterocycles. The van der Waals surface area contributed by atoms with E-state index in [-0.39, 0.29) is 11.1 Å². The quantitative estimate of drug-likeness (QED) is 0.929. The van der Waals surface area contributed by atoms with Gasteiger partial charge in [0.2, 0.25) is 0 Å². The van der Waals surface area contributed by atoms with Crippen LogP contribution in [0.4, 0.5) is 4.39 Å². The van der Waals surface area contributed by atoms with Gasteiger partial charge >= 0.3 is 0 Å². The summed E-state index contributed by atoms with van der Waals surface area (Å²) < 4.78 is 13.4. The Bertz CT molecular complexity index is 599. The number of halogens is 2. The first-order valence-electron chi connectivity index (χ1n) is 6.10. The largest absolute Gasteiger partial charge is 0.322 e. The second-order valence-electron chi connectivity index (χ2n) is 4.74. The Morgan fingerprint density at radius 3 is 2.79 bits per heavy atom. The van der Waals surface area contributed by atoms with E-state index in [0.29, 0.717) is 12.0 Å². The average molecular weight is 279 g/mol. The molecule has 0 aliphatic heterocycles. The van der Waals surface area contributed by atoms with Crippen molar-refractivity contribution in [1.82, 2.24) is 4.98 Å². The minimum Gasteiger partial charge on any atom is -0.322 e. The van der Waals surface area contributed by atoms with E-state index >= 15 is 0 Å². The summed E-state index contributed by atoms with van der Waals surface area (Å²) in [6.45, 7) is 3.96. The Morgan fingerprint density at radius 1 is 1.37 bits per heavy atom. The molecule has 1 unspecified atom stereocenters. The molecule has 100 valence electrons. The van der Waals surface area contributed by atoms with Crippen molar-refractivity contribution in [2.24, 2.45) is 5.73 Å². The zero-order valence-electron chi connectivity index (χ0n) is 11.0. The van der Waals surface area contributed by atoms with Gasteiger partial charge in [-0.3, -0.25) is 4.98 Å². The SMILES string of the molecule is Cc1cnc(C(N)Cc2cccc(F)c2Cl)c(C)c1. The molecular formula is C15H16ClFN2. The summed E-state index contributed by atoms with van der Waals surface area (Å²) >= 11 is 5.94. The molecule has 0 aliphatic carbocycles. The zero-order chi connectivity index (χ0) is 14.0. The van der Waals surface area contributed by atoms with Crippen molar-refractivity contribution >= 4 is 11.6 Å². The van der Waals surface area contributed by atoms with Gasteiger partial charge in [0, 0.05) is 6.20 Å². The smallest absolute Gasteiger partial charge is 0.142 e. The van der Waals surface area contributed by atoms with Gasteiger partial charge in [-0.25, -0.2) is 4.39 Å². The second kappa shape index (κ2) is 5.68. The molecule has 1 atom stereocenters. The Hall–Kier alpha value is -1.45. The highest BCUT2D eigenvalue weighted by molar-refractivity contribution is 6.31. The average Bonchev–Trinajstić information content (AvgIpc) is 2.34. The van der Waals surface area contributed by atoms with Crippen molar-refractivity contribution in [3.05, 3.63) is 63.7 Å². The highest BCUT2D eigenvalue weighted by Gasteiger charge is 2.14. The van der Waals surface area contributed by atoms with E-state index < -0.39 is 5.82 Å². The number of benzene rings is 1. The van der Waals surface area contributed by atoms with Gasteiger partial charge in [0.1, 0.15) is 5.82 Å². The fourth-order valence-electron chi connectivity index (χ4n) is 2.15. The first kappa shape index (κ1) is 14.0. The topological polar surface area (TPSA) is 38.9 Å². The molecule has 0 fully saturated rings. The van der Waals surface area contributed by atoms with E-state index in [9.17, 15) is 4.39 Å². The molecular weight excluding hydrogens is 263 g/mol. The first-order valence-corrected chi connectivity index (χ1v) is 6.48. The van der Waals surface area contributed by atoms with Crippen molar-refractivity contribution in [2.45, 2.75) is 26.3 Å². The Balaban J connectivity index is 2.25. The van der Waals surface area contributed by atoms with Crippen LogP contribution in [0.5, 0.6) is 0 Å². The lowest BCUT2D eigenvalue weighted by molar-refractivity contribution is 0.621. The number of aryl methyl sites for hydroxylation is 2. The standard InChI is InChI=1S/C15H16ClFN2/c1-9-6-10(2)15(19-8-9)13(18)7-11-4-3-5-12(17)14(11)16/h3-6,8,13H,7,18H2,1-2H3. The van der Waals surface area contributed by atoms with E-state index in [1.165, 1.54) is 6.07 Å². The van der Waals surface area contributed by atoms with Gasteiger partial charge in [0.15, 0.2) is 0 Å². The third-order valence-electron chi connectivity index (χ3n) is 3.08. The van der Waals surface area contributed by atoms with Crippen LogP contribution in [0.3, 0.4) is 0 Å². The van der Waals surface area contributed by atoms with Crippen LogP contribution in [-0.2, 0) is 6.42 Å². The summed E-state index contributed by atoms with van der Waals surface area (Å²) in [4.78, 5) is 4.36. The van der Waals surface area contributed by atoms with E-state index in [1.807, 2.05) is 19.9 Å². The number of hydrogen-bond donors (Lipinski definition) is 1. The zero-order valence-corrected chi connectivity index (χ0v) is 11.7. The normalized spacial score (nSPS) is 12.5. The van der Waals surface area contributed by atoms with E-state index in [1.54, 1.807) is 18.3 Å². The van der Waals surface area contributed by atoms with Crippen LogP contribution >= 0.6 is 11.6 Å². The van der Waals surface area contributed by atoms with Crippen molar-refractivity contribution in [2.75, 3.05) is 0 Å². The van der Waals surface area contributed by atoms with Crippen LogP contribution in [0.2, 0.25) is 5.02 Å². The highest BCUT2D eigenvalue weighted by Crippen LogP contribution is 2.25. The predicted octanol–water partition coefficient (Wildman–Crippen LogP) is 3.73. The lowest BCUT2D eigenvalue weighted by Gasteiger charge is -2.15. The van der Waals surface area contributed by atoms with Gasteiger partial charge in [-0.15, -0.1) is 0 Å². The van der Waals surface area contributed by atoms with Gasteiger partial charge < -0.3 is 5.73 Å². The van der Waals surface area contributed by atoms with Crippen molar-refractivity contribution in [3.63, 3.8) is 0 Å². The molecule has 19 heavy (non-hydrogen) atoms. The van der Waals surface area contributed by atoms with Crippen LogP contribution < -0.4 is 5.73 Å². The number of pyridine rings is 1. The number of nitrogens with two attached hydrogens (primary N) is 1. The van der Waals surface area contributed by atoms with Gasteiger partial charge in [0.05, 0.1) is 16.8 Å². The number of nitrogens with zero attached hydrogens (tertiary/aromatic N) is 1. The molecule has 2 aromatic rings. The lowest BCUT2D eigenvalue weighted by atomic mass is 10.00. The molecule has 0 radical (unpaired) electrons. The van der Waals surface area contributed by atoms with Crippen LogP contribution in [0, 0.1) is 19.7 Å². The Morgan fingerprint density at radius 2 is 2.11 bits per heavy atom. The number of rotatable bonds is 3. The first-order chi connectivity index (χ1) is 8.99. The van der Waals surface area contributed by atoms with Crippen molar-refractivity contribution < 1.29 is 4.39 Å². The van der Waals surface area contributed by atoms with Crippen molar-refractivity contribution in [1.29, 1.82) is 0 Å². The van der Waals surface area contributed by atoms with E-state index in [4.69, 9.17) is 17.3 Å². The monoisotopic (exact) mass is 278 g/mol. The molecule has 2 nitrogen and oxygen atoms in total. The molecule has 0 saturated heterocycles. The number of hydrogen-bond acceptors (Lipinski definition) is 2. The minimum absolute atomic E-state index is 0.141. The molecule has 4 heteroatoms. The molecule has 0 spiro atoms. The molecule has 1 aromatic carbocycles. The summed E-state index contributed by atoms with van der Waals surface area (Å²) in [6.07, 6.45) is 2.25. The molecule has 0 amide bonds. The van der Waals surface area contributed by atoms with Crippen LogP contribution in [-0.4, -0.2) is 4.98 Å². The molecule has 0 aliphatic rings. The molecule has 1 heterocycles. The fourth-order valence-corrected chi connectivity index (χ4v) is 2.36. The van der Waals surface area contributed by atoms with Crippen molar-refractivity contribution in [3.8, 4) is 0 Å². The van der Waals surface area contributed by atoms with Crippen LogP contribution in [0.1, 0.15) is 28.4 Å². The summed E-state index contributed by atoms with van der Waals surface area (Å²) in [5, 5.41) is 0.141. The van der Waals surface area contributed by atoms with Gasteiger partial charge in [0.25, 0.3) is 0 Å². The molecule has 0 saturated carbocycles. The second-order valence-corrected chi connectivity index (χ2v) is 5.12. The predicted molar refractivity (Wildman–Crippen MR) is 75.8 cm³/mol. The molecule has 0 bridgehead atoms. The molecule has 2 rings (SSSR count). The Labute approximate surface area is 117 Å². The van der Waals surface area contributed by atoms with Gasteiger partial charge in [-0.1, -0.05) is 29.8 Å². The lowest BCUT2D eigenvalue weighted by Crippen LogP contribution is -2.17. The maximum absolute atomic E-state index is 13.4. The summed E-state index contributed by atoms with van der Waals surface area (Å²) in [5.74, 6) is -0.417. The third kappa shape index (κ3) is 3.11. The number of aromatic nitrogens is 1. The van der Waals surface area contributed by atoms with Gasteiger partial charge in [-0.2, -0.15) is 0 Å². The molecule has 2 N–H and O–H groups in total. The third-order valence-corrected chi connectivity index (χ3v) is 3.50. The minimum atomic E-state index is -0.417. The highest BCUT2D eigenvalue weighted by atomic mass is 35.5. The summed E-state index contributed by atoms with van der Waals surface area (Å²) in [7, 11) is 0. The van der Waals surface area contributed by atoms with Gasteiger partial charge in [-0.05, 0) is 43.0 Å². The van der Waals surface area contributed by atoms with E-state index in [2.05, 4.69) is 4.98 Å². The van der Waals surface area contributed by atoms with E-state index in [0.717, 1.165) is 16.8 Å². The maximum Gasteiger partial charge on any atom is 0.142 e. The summed E-state index contributed by atoms with van der Waals surface area (Å²) in [5.41, 5.74) is 9.82. The maximum atomic E-state index is 13.4.